The molecule has 2 fully saturated rings. The van der Waals surface area contributed by atoms with Crippen LogP contribution in [-0.4, -0.2) is 44.0 Å². The maximum Gasteiger partial charge on any atom is 0.186 e. The van der Waals surface area contributed by atoms with Gasteiger partial charge < -0.3 is 24.7 Å². The Balaban J connectivity index is 0.00000112. The molecule has 15 heavy (non-hydrogen) atoms. The average Bonchev–Trinajstić information content (AvgIpc) is 2.57. The van der Waals surface area contributed by atoms with Crippen molar-refractivity contribution in [1.29, 1.82) is 0 Å². The molecule has 2 aliphatic heterocycles. The van der Waals surface area contributed by atoms with Crippen molar-refractivity contribution in [3.63, 3.8) is 0 Å². The fraction of sp³-hybridized carbons (Fsp3) is 1.00. The molecule has 0 aromatic heterocycles. The number of hydrogen-bond acceptors (Lipinski definition) is 5. The van der Waals surface area contributed by atoms with Crippen LogP contribution in [0.4, 0.5) is 0 Å². The van der Waals surface area contributed by atoms with Crippen LogP contribution in [0, 0.1) is 0 Å². The summed E-state index contributed by atoms with van der Waals surface area (Å²) in [5.41, 5.74) is 5.58. The summed E-state index contributed by atoms with van der Waals surface area (Å²) in [7, 11) is 1.59. The van der Waals surface area contributed by atoms with E-state index in [-0.39, 0.29) is 37.0 Å². The molecular formula is C9H18ClNO4. The highest BCUT2D eigenvalue weighted by Gasteiger charge is 2.54. The lowest BCUT2D eigenvalue weighted by molar-refractivity contribution is -0.225. The van der Waals surface area contributed by atoms with Crippen LogP contribution in [0.5, 0.6) is 0 Å². The number of fused-ring (bicyclic) bond motifs is 1. The molecule has 0 aromatic carbocycles. The van der Waals surface area contributed by atoms with Crippen LogP contribution in [-0.2, 0) is 18.9 Å². The highest BCUT2D eigenvalue weighted by molar-refractivity contribution is 5.85. The lowest BCUT2D eigenvalue weighted by Gasteiger charge is -2.22. The van der Waals surface area contributed by atoms with E-state index in [1.54, 1.807) is 7.11 Å². The second-order valence-electron chi connectivity index (χ2n) is 4.08. The largest absolute Gasteiger partial charge is 0.353 e. The molecule has 2 rings (SSSR count). The minimum atomic E-state index is -0.566. The maximum atomic E-state index is 5.70. The van der Waals surface area contributed by atoms with E-state index < -0.39 is 5.79 Å². The Morgan fingerprint density at radius 3 is 2.40 bits per heavy atom. The summed E-state index contributed by atoms with van der Waals surface area (Å²) in [5, 5.41) is 0. The number of ether oxygens (including phenoxy) is 4. The summed E-state index contributed by atoms with van der Waals surface area (Å²) < 4.78 is 22.1. The van der Waals surface area contributed by atoms with Crippen molar-refractivity contribution < 1.29 is 18.9 Å². The Morgan fingerprint density at radius 1 is 1.27 bits per heavy atom. The third-order valence-electron chi connectivity index (χ3n) is 2.57. The van der Waals surface area contributed by atoms with Crippen molar-refractivity contribution in [1.82, 2.24) is 0 Å². The van der Waals surface area contributed by atoms with Crippen LogP contribution in [0.2, 0.25) is 0 Å². The standard InChI is InChI=1S/C9H17NO4.ClH/c1-9(2)13-6-5(4-10)12-8(11-3)7(6)14-9;/h5-8H,4,10H2,1-3H3;1H. The van der Waals surface area contributed by atoms with Gasteiger partial charge in [0.1, 0.15) is 18.3 Å². The summed E-state index contributed by atoms with van der Waals surface area (Å²) in [6.07, 6.45) is -0.773. The molecule has 2 N–H and O–H groups in total. The van der Waals surface area contributed by atoms with Crippen molar-refractivity contribution in [3.8, 4) is 0 Å². The zero-order chi connectivity index (χ0) is 10.3. The molecule has 0 aliphatic carbocycles. The fourth-order valence-corrected chi connectivity index (χ4v) is 2.02. The number of rotatable bonds is 2. The summed E-state index contributed by atoms with van der Waals surface area (Å²) in [4.78, 5) is 0. The van der Waals surface area contributed by atoms with Crippen LogP contribution in [0.25, 0.3) is 0 Å². The molecule has 90 valence electrons. The normalized spacial score (nSPS) is 42.4. The first-order valence-electron chi connectivity index (χ1n) is 4.81. The van der Waals surface area contributed by atoms with E-state index in [0.717, 1.165) is 0 Å². The van der Waals surface area contributed by atoms with E-state index in [2.05, 4.69) is 0 Å². The van der Waals surface area contributed by atoms with Crippen molar-refractivity contribution in [3.05, 3.63) is 0 Å². The second-order valence-corrected chi connectivity index (χ2v) is 4.08. The van der Waals surface area contributed by atoms with Crippen molar-refractivity contribution in [2.24, 2.45) is 5.73 Å². The minimum Gasteiger partial charge on any atom is -0.353 e. The molecule has 2 saturated heterocycles. The second kappa shape index (κ2) is 4.53. The van der Waals surface area contributed by atoms with Gasteiger partial charge in [-0.15, -0.1) is 12.4 Å². The highest BCUT2D eigenvalue weighted by Crippen LogP contribution is 2.38. The van der Waals surface area contributed by atoms with Gasteiger partial charge in [-0.1, -0.05) is 0 Å². The smallest absolute Gasteiger partial charge is 0.186 e. The number of nitrogens with two attached hydrogens (primary N) is 1. The Hall–Kier alpha value is 0.0900. The van der Waals surface area contributed by atoms with Gasteiger partial charge in [-0.05, 0) is 13.8 Å². The molecule has 4 unspecified atom stereocenters. The lowest BCUT2D eigenvalue weighted by Crippen LogP contribution is -2.34. The predicted molar refractivity (Wildman–Crippen MR) is 55.8 cm³/mol. The minimum absolute atomic E-state index is 0. The first kappa shape index (κ1) is 13.2. The van der Waals surface area contributed by atoms with E-state index in [4.69, 9.17) is 24.7 Å². The van der Waals surface area contributed by atoms with E-state index in [0.29, 0.717) is 6.54 Å². The van der Waals surface area contributed by atoms with Gasteiger partial charge in [0.15, 0.2) is 12.1 Å². The monoisotopic (exact) mass is 239 g/mol. The van der Waals surface area contributed by atoms with E-state index in [1.807, 2.05) is 13.8 Å². The maximum absolute atomic E-state index is 5.70. The molecule has 5 nitrogen and oxygen atoms in total. The zero-order valence-corrected chi connectivity index (χ0v) is 9.95. The van der Waals surface area contributed by atoms with E-state index >= 15 is 0 Å². The van der Waals surface area contributed by atoms with Gasteiger partial charge >= 0.3 is 0 Å². The van der Waals surface area contributed by atoms with E-state index in [9.17, 15) is 0 Å². The van der Waals surface area contributed by atoms with Crippen molar-refractivity contribution >= 4 is 12.4 Å². The van der Waals surface area contributed by atoms with E-state index in [1.165, 1.54) is 0 Å². The van der Waals surface area contributed by atoms with Gasteiger partial charge in [0.05, 0.1) is 0 Å². The Kier molecular flexibility index (Phi) is 3.97. The molecule has 0 bridgehead atoms. The topological polar surface area (TPSA) is 62.9 Å². The molecule has 4 atom stereocenters. The number of halogens is 1. The fourth-order valence-electron chi connectivity index (χ4n) is 2.02. The van der Waals surface area contributed by atoms with Crippen molar-refractivity contribution in [2.45, 2.75) is 44.2 Å². The Labute approximate surface area is 95.6 Å². The SMILES string of the molecule is COC1OC(CN)C2OC(C)(C)OC12.Cl. The summed E-state index contributed by atoms with van der Waals surface area (Å²) in [6.45, 7) is 4.18. The molecule has 0 aromatic rings. The van der Waals surface area contributed by atoms with Gasteiger partial charge in [-0.25, -0.2) is 0 Å². The molecule has 0 saturated carbocycles. The zero-order valence-electron chi connectivity index (χ0n) is 9.14. The molecule has 2 aliphatic rings. The average molecular weight is 240 g/mol. The Bertz CT molecular complexity index is 206. The predicted octanol–water partition coefficient (Wildman–Crippen LogP) is 0.258. The molecule has 6 heteroatoms. The van der Waals surface area contributed by atoms with Crippen LogP contribution in [0.3, 0.4) is 0 Å². The first-order chi connectivity index (χ1) is 6.57. The van der Waals surface area contributed by atoms with Crippen LogP contribution < -0.4 is 5.73 Å². The molecule has 0 radical (unpaired) electrons. The van der Waals surface area contributed by atoms with Gasteiger partial charge in [0, 0.05) is 13.7 Å². The lowest BCUT2D eigenvalue weighted by atomic mass is 10.1. The van der Waals surface area contributed by atoms with Crippen LogP contribution >= 0.6 is 12.4 Å². The van der Waals surface area contributed by atoms with Crippen LogP contribution in [0.1, 0.15) is 13.8 Å². The van der Waals surface area contributed by atoms with Gasteiger partial charge in [-0.2, -0.15) is 0 Å². The van der Waals surface area contributed by atoms with Crippen LogP contribution in [0.15, 0.2) is 0 Å². The first-order valence-corrected chi connectivity index (χ1v) is 4.81. The Morgan fingerprint density at radius 2 is 1.87 bits per heavy atom. The number of hydrogen-bond donors (Lipinski definition) is 1. The summed E-state index contributed by atoms with van der Waals surface area (Å²) >= 11 is 0. The van der Waals surface area contributed by atoms with Gasteiger partial charge in [-0.3, -0.25) is 0 Å². The third kappa shape index (κ3) is 2.27. The highest BCUT2D eigenvalue weighted by atomic mass is 35.5. The summed E-state index contributed by atoms with van der Waals surface area (Å²) in [5.74, 6) is -0.566. The molecule has 0 spiro atoms. The quantitative estimate of drug-likeness (QED) is 0.749. The third-order valence-corrected chi connectivity index (χ3v) is 2.57. The molecule has 0 amide bonds. The van der Waals surface area contributed by atoms with Gasteiger partial charge in [0.2, 0.25) is 0 Å². The summed E-state index contributed by atoms with van der Waals surface area (Å²) in [6, 6.07) is 0. The number of methoxy groups -OCH3 is 1. The van der Waals surface area contributed by atoms with Gasteiger partial charge in [0.25, 0.3) is 0 Å². The molecular weight excluding hydrogens is 222 g/mol. The molecule has 2 heterocycles. The van der Waals surface area contributed by atoms with Crippen molar-refractivity contribution in [2.75, 3.05) is 13.7 Å².